The molecular weight excluding hydrogens is 452 g/mol. The molecular formula is C26H32N2O3S2. The normalized spacial score (nSPS) is 15.6. The van der Waals surface area contributed by atoms with Crippen LogP contribution in [0, 0.1) is 0 Å². The summed E-state index contributed by atoms with van der Waals surface area (Å²) in [5.74, 6) is 0.848. The van der Waals surface area contributed by atoms with E-state index in [1.54, 1.807) is 30.6 Å². The van der Waals surface area contributed by atoms with Crippen molar-refractivity contribution in [3.63, 3.8) is 0 Å². The van der Waals surface area contributed by atoms with Gasteiger partial charge in [0.2, 0.25) is 0 Å². The maximum atomic E-state index is 13.2. The summed E-state index contributed by atoms with van der Waals surface area (Å²) in [4.78, 5) is 7.47. The highest BCUT2D eigenvalue weighted by molar-refractivity contribution is 7.92. The molecule has 0 unspecified atom stereocenters. The first-order chi connectivity index (χ1) is 15.7. The average Bonchev–Trinajstić information content (AvgIpc) is 3.27. The van der Waals surface area contributed by atoms with Crippen molar-refractivity contribution < 1.29 is 13.2 Å². The fourth-order valence-electron chi connectivity index (χ4n) is 4.17. The van der Waals surface area contributed by atoms with Crippen LogP contribution in [0.1, 0.15) is 50.4 Å². The summed E-state index contributed by atoms with van der Waals surface area (Å²) in [7, 11) is -1.66. The number of benzene rings is 2. The summed E-state index contributed by atoms with van der Waals surface area (Å²) >= 11 is 1.63. The Kier molecular flexibility index (Phi) is 6.82. The predicted molar refractivity (Wildman–Crippen MR) is 135 cm³/mol. The fraction of sp³-hybridized carbons (Fsp3) is 0.423. The van der Waals surface area contributed by atoms with Crippen molar-refractivity contribution in [3.8, 4) is 5.75 Å². The first-order valence-corrected chi connectivity index (χ1v) is 13.8. The molecule has 2 aromatic carbocycles. The van der Waals surface area contributed by atoms with Crippen molar-refractivity contribution in [1.29, 1.82) is 0 Å². The fourth-order valence-corrected chi connectivity index (χ4v) is 6.78. The molecule has 0 N–H and O–H groups in total. The van der Waals surface area contributed by atoms with Crippen LogP contribution in [0.15, 0.2) is 58.8 Å². The van der Waals surface area contributed by atoms with Gasteiger partial charge in [-0.2, -0.15) is 0 Å². The Labute approximate surface area is 201 Å². The van der Waals surface area contributed by atoms with Crippen molar-refractivity contribution >= 4 is 26.3 Å². The van der Waals surface area contributed by atoms with Gasteiger partial charge in [0, 0.05) is 24.9 Å². The van der Waals surface area contributed by atoms with Crippen molar-refractivity contribution in [2.24, 2.45) is 0 Å². The van der Waals surface area contributed by atoms with Gasteiger partial charge in [-0.25, -0.2) is 13.4 Å². The standard InChI is InChI=1S/C26H32N2O3S2/c1-26(2,3)20-7-11-23(12-8-20)33(29,30)24-13-15-28(16-14-24)25-27-21(18-32-25)17-19-5-9-22(31-4)10-6-19/h5-12,18,24H,13-17H2,1-4H3. The Balaban J connectivity index is 1.37. The number of thiazole rings is 1. The van der Waals surface area contributed by atoms with Crippen LogP contribution < -0.4 is 9.64 Å². The number of methoxy groups -OCH3 is 1. The third-order valence-corrected chi connectivity index (χ3v) is 9.51. The number of hydrogen-bond acceptors (Lipinski definition) is 6. The van der Waals surface area contributed by atoms with Crippen LogP contribution in [0.3, 0.4) is 0 Å². The van der Waals surface area contributed by atoms with Gasteiger partial charge in [0.15, 0.2) is 15.0 Å². The lowest BCUT2D eigenvalue weighted by molar-refractivity contribution is 0.414. The lowest BCUT2D eigenvalue weighted by Crippen LogP contribution is -2.39. The van der Waals surface area contributed by atoms with Gasteiger partial charge in [-0.1, -0.05) is 45.0 Å². The van der Waals surface area contributed by atoms with E-state index in [9.17, 15) is 8.42 Å². The quantitative estimate of drug-likeness (QED) is 0.463. The van der Waals surface area contributed by atoms with Gasteiger partial charge >= 0.3 is 0 Å². The first-order valence-electron chi connectivity index (χ1n) is 11.3. The summed E-state index contributed by atoms with van der Waals surface area (Å²) < 4.78 is 31.6. The molecule has 0 saturated carbocycles. The smallest absolute Gasteiger partial charge is 0.185 e. The van der Waals surface area contributed by atoms with Crippen LogP contribution in [0.4, 0.5) is 5.13 Å². The van der Waals surface area contributed by atoms with Gasteiger partial charge in [-0.05, 0) is 53.6 Å². The van der Waals surface area contributed by atoms with E-state index in [1.165, 1.54) is 5.56 Å². The second kappa shape index (κ2) is 9.47. The van der Waals surface area contributed by atoms with Gasteiger partial charge in [0.05, 0.1) is 22.9 Å². The van der Waals surface area contributed by atoms with E-state index in [1.807, 2.05) is 24.3 Å². The van der Waals surface area contributed by atoms with Gasteiger partial charge in [-0.15, -0.1) is 11.3 Å². The molecule has 1 aliphatic heterocycles. The summed E-state index contributed by atoms with van der Waals surface area (Å²) in [6.07, 6.45) is 2.02. The van der Waals surface area contributed by atoms with Gasteiger partial charge in [-0.3, -0.25) is 0 Å². The average molecular weight is 485 g/mol. The topological polar surface area (TPSA) is 59.5 Å². The lowest BCUT2D eigenvalue weighted by Gasteiger charge is -2.31. The van der Waals surface area contributed by atoms with Crippen molar-refractivity contribution in [3.05, 3.63) is 70.7 Å². The van der Waals surface area contributed by atoms with E-state index in [0.717, 1.165) is 28.6 Å². The molecule has 1 aliphatic rings. The second-order valence-electron chi connectivity index (χ2n) is 9.65. The minimum Gasteiger partial charge on any atom is -0.497 e. The number of anilines is 1. The second-order valence-corrected chi connectivity index (χ2v) is 12.7. The number of piperidine rings is 1. The molecule has 5 nitrogen and oxygen atoms in total. The monoisotopic (exact) mass is 484 g/mol. The Bertz CT molecular complexity index is 1170. The van der Waals surface area contributed by atoms with E-state index >= 15 is 0 Å². The van der Waals surface area contributed by atoms with E-state index in [0.29, 0.717) is 30.8 Å². The molecule has 0 aliphatic carbocycles. The van der Waals surface area contributed by atoms with Crippen LogP contribution in [-0.4, -0.2) is 38.9 Å². The van der Waals surface area contributed by atoms with E-state index in [-0.39, 0.29) is 10.7 Å². The molecule has 0 amide bonds. The summed E-state index contributed by atoms with van der Waals surface area (Å²) in [6.45, 7) is 7.81. The van der Waals surface area contributed by atoms with Crippen LogP contribution in [0.2, 0.25) is 0 Å². The van der Waals surface area contributed by atoms with Crippen molar-refractivity contribution in [1.82, 2.24) is 4.98 Å². The highest BCUT2D eigenvalue weighted by Crippen LogP contribution is 2.31. The summed E-state index contributed by atoms with van der Waals surface area (Å²) in [6, 6.07) is 15.5. The molecule has 0 atom stereocenters. The number of sulfone groups is 1. The lowest BCUT2D eigenvalue weighted by atomic mass is 9.87. The SMILES string of the molecule is COc1ccc(Cc2csc(N3CCC(S(=O)(=O)c4ccc(C(C)(C)C)cc4)CC3)n2)cc1. The number of ether oxygens (including phenoxy) is 1. The van der Waals surface area contributed by atoms with Gasteiger partial charge < -0.3 is 9.64 Å². The highest BCUT2D eigenvalue weighted by atomic mass is 32.2. The number of hydrogen-bond donors (Lipinski definition) is 0. The molecule has 176 valence electrons. The zero-order valence-electron chi connectivity index (χ0n) is 19.7. The molecule has 0 bridgehead atoms. The number of nitrogens with zero attached hydrogens (tertiary/aromatic N) is 2. The largest absolute Gasteiger partial charge is 0.497 e. The molecule has 0 spiro atoms. The molecule has 1 fully saturated rings. The summed E-state index contributed by atoms with van der Waals surface area (Å²) in [5.41, 5.74) is 3.38. The van der Waals surface area contributed by atoms with Crippen molar-refractivity contribution in [2.45, 2.75) is 55.6 Å². The van der Waals surface area contributed by atoms with Crippen LogP contribution in [0.5, 0.6) is 5.75 Å². The molecule has 2 heterocycles. The molecule has 33 heavy (non-hydrogen) atoms. The van der Waals surface area contributed by atoms with Crippen LogP contribution in [0.25, 0.3) is 0 Å². The molecule has 3 aromatic rings. The summed E-state index contributed by atoms with van der Waals surface area (Å²) in [5, 5.41) is 2.73. The Hall–Kier alpha value is -2.38. The Morgan fingerprint density at radius 2 is 1.67 bits per heavy atom. The molecule has 7 heteroatoms. The third-order valence-electron chi connectivity index (χ3n) is 6.28. The first kappa shape index (κ1) is 23.8. The minimum atomic E-state index is -3.33. The zero-order valence-corrected chi connectivity index (χ0v) is 21.4. The van der Waals surface area contributed by atoms with Crippen LogP contribution in [-0.2, 0) is 21.7 Å². The highest BCUT2D eigenvalue weighted by Gasteiger charge is 2.32. The number of aromatic nitrogens is 1. The van der Waals surface area contributed by atoms with Crippen molar-refractivity contribution in [2.75, 3.05) is 25.1 Å². The van der Waals surface area contributed by atoms with E-state index in [2.05, 4.69) is 43.2 Å². The molecule has 1 saturated heterocycles. The maximum absolute atomic E-state index is 13.2. The Morgan fingerprint density at radius 1 is 1.03 bits per heavy atom. The van der Waals surface area contributed by atoms with Crippen LogP contribution >= 0.6 is 11.3 Å². The van der Waals surface area contributed by atoms with Gasteiger partial charge in [0.25, 0.3) is 0 Å². The molecule has 0 radical (unpaired) electrons. The third kappa shape index (κ3) is 5.41. The maximum Gasteiger partial charge on any atom is 0.185 e. The predicted octanol–water partition coefficient (Wildman–Crippen LogP) is 5.48. The molecule has 1 aromatic heterocycles. The minimum absolute atomic E-state index is 0.00751. The zero-order chi connectivity index (χ0) is 23.6. The van der Waals surface area contributed by atoms with E-state index in [4.69, 9.17) is 9.72 Å². The van der Waals surface area contributed by atoms with E-state index < -0.39 is 9.84 Å². The van der Waals surface area contributed by atoms with Gasteiger partial charge in [0.1, 0.15) is 5.75 Å². The number of rotatable bonds is 6. The molecule has 4 rings (SSSR count). The Morgan fingerprint density at radius 3 is 2.24 bits per heavy atom.